The molecule has 3 nitrogen and oxygen atoms in total. The van der Waals surface area contributed by atoms with Crippen molar-refractivity contribution in [2.45, 2.75) is 26.4 Å². The van der Waals surface area contributed by atoms with Crippen molar-refractivity contribution in [2.24, 2.45) is 0 Å². The maximum Gasteiger partial charge on any atom is 0.169 e. The number of aliphatic hydroxyl groups is 1. The molecule has 1 atom stereocenters. The summed E-state index contributed by atoms with van der Waals surface area (Å²) in [6, 6.07) is 7.43. The van der Waals surface area contributed by atoms with Crippen molar-refractivity contribution in [3.63, 3.8) is 0 Å². The average Bonchev–Trinajstić information content (AvgIpc) is 2.21. The molecular weight excluding hydrogens is 192 g/mol. The van der Waals surface area contributed by atoms with Crippen LogP contribution >= 0.6 is 0 Å². The van der Waals surface area contributed by atoms with Gasteiger partial charge in [-0.1, -0.05) is 18.2 Å². The van der Waals surface area contributed by atoms with Gasteiger partial charge in [0.15, 0.2) is 11.9 Å². The van der Waals surface area contributed by atoms with E-state index in [2.05, 4.69) is 0 Å². The van der Waals surface area contributed by atoms with E-state index in [1.165, 1.54) is 6.92 Å². The van der Waals surface area contributed by atoms with E-state index in [1.54, 1.807) is 6.92 Å². The summed E-state index contributed by atoms with van der Waals surface area (Å²) in [4.78, 5) is 11.0. The molecule has 0 spiro atoms. The summed E-state index contributed by atoms with van der Waals surface area (Å²) in [5, 5.41) is 8.86. The van der Waals surface area contributed by atoms with E-state index in [0.717, 1.165) is 5.56 Å². The zero-order chi connectivity index (χ0) is 11.3. The smallest absolute Gasteiger partial charge is 0.169 e. The van der Waals surface area contributed by atoms with Crippen molar-refractivity contribution in [3.05, 3.63) is 29.8 Å². The topological polar surface area (TPSA) is 46.5 Å². The molecular formula is C12H16O3. The number of hydrogen-bond donors (Lipinski definition) is 1. The van der Waals surface area contributed by atoms with Gasteiger partial charge < -0.3 is 9.84 Å². The van der Waals surface area contributed by atoms with Crippen molar-refractivity contribution in [1.82, 2.24) is 0 Å². The molecule has 0 aliphatic carbocycles. The van der Waals surface area contributed by atoms with E-state index in [9.17, 15) is 4.79 Å². The van der Waals surface area contributed by atoms with E-state index in [-0.39, 0.29) is 12.4 Å². The lowest BCUT2D eigenvalue weighted by molar-refractivity contribution is -0.122. The fourth-order valence-corrected chi connectivity index (χ4v) is 1.22. The number of benzene rings is 1. The maximum atomic E-state index is 11.0. The molecule has 0 fully saturated rings. The molecule has 0 saturated carbocycles. The highest BCUT2D eigenvalue weighted by Gasteiger charge is 2.11. The molecule has 0 amide bonds. The second-order valence-electron chi connectivity index (χ2n) is 3.45. The average molecular weight is 208 g/mol. The van der Waals surface area contributed by atoms with Gasteiger partial charge in [-0.25, -0.2) is 0 Å². The van der Waals surface area contributed by atoms with Crippen LogP contribution in [0.1, 0.15) is 19.4 Å². The molecule has 82 valence electrons. The molecule has 1 aromatic rings. The van der Waals surface area contributed by atoms with E-state index >= 15 is 0 Å². The zero-order valence-corrected chi connectivity index (χ0v) is 9.06. The van der Waals surface area contributed by atoms with Gasteiger partial charge in [0.2, 0.25) is 0 Å². The molecule has 0 saturated heterocycles. The Labute approximate surface area is 89.7 Å². The van der Waals surface area contributed by atoms with Crippen LogP contribution in [0, 0.1) is 0 Å². The third kappa shape index (κ3) is 3.36. The number of carbonyl (C=O) groups excluding carboxylic acids is 1. The first-order valence-corrected chi connectivity index (χ1v) is 5.01. The predicted molar refractivity (Wildman–Crippen MR) is 58.0 cm³/mol. The summed E-state index contributed by atoms with van der Waals surface area (Å²) in [6.45, 7) is 3.30. The number of para-hydroxylation sites is 1. The van der Waals surface area contributed by atoms with Crippen LogP contribution in [0.25, 0.3) is 0 Å². The number of Topliss-reactive ketones (excluding diaryl/α,β-unsaturated/α-hetero) is 1. The zero-order valence-electron chi connectivity index (χ0n) is 9.06. The lowest BCUT2D eigenvalue weighted by Gasteiger charge is -2.14. The lowest BCUT2D eigenvalue weighted by Crippen LogP contribution is -2.21. The number of rotatable bonds is 5. The first kappa shape index (κ1) is 11.7. The molecule has 3 heteroatoms. The fourth-order valence-electron chi connectivity index (χ4n) is 1.22. The molecule has 1 aromatic carbocycles. The van der Waals surface area contributed by atoms with Crippen LogP contribution < -0.4 is 4.74 Å². The largest absolute Gasteiger partial charge is 0.483 e. The van der Waals surface area contributed by atoms with Gasteiger partial charge in [0.1, 0.15) is 5.75 Å². The molecule has 0 heterocycles. The first-order chi connectivity index (χ1) is 7.15. The van der Waals surface area contributed by atoms with Crippen molar-refractivity contribution < 1.29 is 14.6 Å². The highest BCUT2D eigenvalue weighted by Crippen LogP contribution is 2.19. The van der Waals surface area contributed by atoms with Crippen LogP contribution in [0.5, 0.6) is 5.75 Å². The highest BCUT2D eigenvalue weighted by atomic mass is 16.5. The van der Waals surface area contributed by atoms with Crippen LogP contribution in [0.4, 0.5) is 0 Å². The van der Waals surface area contributed by atoms with Crippen molar-refractivity contribution in [2.75, 3.05) is 6.61 Å². The molecule has 0 aromatic heterocycles. The molecule has 15 heavy (non-hydrogen) atoms. The number of aliphatic hydroxyl groups excluding tert-OH is 1. The lowest BCUT2D eigenvalue weighted by atomic mass is 10.1. The maximum absolute atomic E-state index is 11.0. The third-order valence-corrected chi connectivity index (χ3v) is 2.23. The Balaban J connectivity index is 2.79. The molecule has 1 N–H and O–H groups in total. The van der Waals surface area contributed by atoms with Gasteiger partial charge in [-0.15, -0.1) is 0 Å². The van der Waals surface area contributed by atoms with E-state index in [4.69, 9.17) is 9.84 Å². The summed E-state index contributed by atoms with van der Waals surface area (Å²) in [5.41, 5.74) is 0.924. The molecule has 0 bridgehead atoms. The van der Waals surface area contributed by atoms with E-state index in [1.807, 2.05) is 24.3 Å². The Kier molecular flexibility index (Phi) is 4.31. The normalized spacial score (nSPS) is 12.2. The van der Waals surface area contributed by atoms with Gasteiger partial charge >= 0.3 is 0 Å². The number of ether oxygens (including phenoxy) is 1. The Morgan fingerprint density at radius 2 is 2.13 bits per heavy atom. The Hall–Kier alpha value is -1.35. The van der Waals surface area contributed by atoms with Crippen molar-refractivity contribution >= 4 is 5.78 Å². The molecule has 0 aliphatic heterocycles. The monoisotopic (exact) mass is 208 g/mol. The van der Waals surface area contributed by atoms with E-state index < -0.39 is 6.10 Å². The standard InChI is InChI=1S/C12H16O3/c1-9(14)10(2)15-12-6-4-3-5-11(12)7-8-13/h3-6,10,13H,7-8H2,1-2H3. The minimum atomic E-state index is -0.440. The Morgan fingerprint density at radius 3 is 2.73 bits per heavy atom. The summed E-state index contributed by atoms with van der Waals surface area (Å²) in [5.74, 6) is 0.669. The molecule has 1 unspecified atom stereocenters. The van der Waals surface area contributed by atoms with Gasteiger partial charge in [0, 0.05) is 6.61 Å². The highest BCUT2D eigenvalue weighted by molar-refractivity contribution is 5.80. The predicted octanol–water partition coefficient (Wildman–Crippen LogP) is 1.58. The van der Waals surface area contributed by atoms with Gasteiger partial charge in [-0.2, -0.15) is 0 Å². The van der Waals surface area contributed by atoms with Crippen molar-refractivity contribution in [1.29, 1.82) is 0 Å². The van der Waals surface area contributed by atoms with E-state index in [0.29, 0.717) is 12.2 Å². The summed E-state index contributed by atoms with van der Waals surface area (Å²) in [6.07, 6.45) is 0.102. The quantitative estimate of drug-likeness (QED) is 0.799. The minimum Gasteiger partial charge on any atom is -0.483 e. The van der Waals surface area contributed by atoms with Crippen LogP contribution in [0.3, 0.4) is 0 Å². The Morgan fingerprint density at radius 1 is 1.47 bits per heavy atom. The third-order valence-electron chi connectivity index (χ3n) is 2.23. The molecule has 0 aliphatic rings. The summed E-state index contributed by atoms with van der Waals surface area (Å²) >= 11 is 0. The van der Waals surface area contributed by atoms with Crippen LogP contribution in [-0.4, -0.2) is 23.6 Å². The molecule has 0 radical (unpaired) electrons. The van der Waals surface area contributed by atoms with Gasteiger partial charge in [0.05, 0.1) is 0 Å². The van der Waals surface area contributed by atoms with Gasteiger partial charge in [-0.05, 0) is 31.9 Å². The van der Waals surface area contributed by atoms with Crippen LogP contribution in [-0.2, 0) is 11.2 Å². The van der Waals surface area contributed by atoms with Crippen LogP contribution in [0.15, 0.2) is 24.3 Å². The van der Waals surface area contributed by atoms with Crippen LogP contribution in [0.2, 0.25) is 0 Å². The molecule has 1 rings (SSSR count). The van der Waals surface area contributed by atoms with Gasteiger partial charge in [-0.3, -0.25) is 4.79 Å². The number of hydrogen-bond acceptors (Lipinski definition) is 3. The summed E-state index contributed by atoms with van der Waals surface area (Å²) in [7, 11) is 0. The Bertz CT molecular complexity index is 333. The summed E-state index contributed by atoms with van der Waals surface area (Å²) < 4.78 is 5.50. The fraction of sp³-hybridized carbons (Fsp3) is 0.417. The van der Waals surface area contributed by atoms with Gasteiger partial charge in [0.25, 0.3) is 0 Å². The minimum absolute atomic E-state index is 0.00574. The SMILES string of the molecule is CC(=O)C(C)Oc1ccccc1CCO. The second-order valence-corrected chi connectivity index (χ2v) is 3.45. The van der Waals surface area contributed by atoms with Crippen molar-refractivity contribution in [3.8, 4) is 5.75 Å². The number of ketones is 1. The second kappa shape index (κ2) is 5.51. The number of carbonyl (C=O) groups is 1. The first-order valence-electron chi connectivity index (χ1n) is 5.01.